The largest absolute Gasteiger partial charge is 0.496 e. The summed E-state index contributed by atoms with van der Waals surface area (Å²) in [5.41, 5.74) is 6.37. The third kappa shape index (κ3) is 3.58. The predicted molar refractivity (Wildman–Crippen MR) is 171 cm³/mol. The summed E-state index contributed by atoms with van der Waals surface area (Å²) in [4.78, 5) is 28.2. The molecule has 0 fully saturated rings. The molecule has 0 amide bonds. The molecule has 0 radical (unpaired) electrons. The van der Waals surface area contributed by atoms with Crippen molar-refractivity contribution < 1.29 is 9.47 Å². The highest BCUT2D eigenvalue weighted by Gasteiger charge is 2.20. The summed E-state index contributed by atoms with van der Waals surface area (Å²) >= 11 is 0. The number of ether oxygens (including phenoxy) is 2. The van der Waals surface area contributed by atoms with Gasteiger partial charge in [-0.2, -0.15) is 0 Å². The molecule has 0 saturated heterocycles. The van der Waals surface area contributed by atoms with E-state index in [0.29, 0.717) is 32.6 Å². The highest BCUT2D eigenvalue weighted by atomic mass is 16.5. The molecule has 0 N–H and O–H groups in total. The Morgan fingerprint density at radius 3 is 1.26 bits per heavy atom. The van der Waals surface area contributed by atoms with Crippen molar-refractivity contribution in [3.63, 3.8) is 0 Å². The van der Waals surface area contributed by atoms with Gasteiger partial charge in [-0.15, -0.1) is 0 Å². The number of pyridine rings is 2. The van der Waals surface area contributed by atoms with Gasteiger partial charge in [0, 0.05) is 57.9 Å². The molecular formula is C36H28N2O4. The van der Waals surface area contributed by atoms with Crippen LogP contribution in [0.1, 0.15) is 0 Å². The summed E-state index contributed by atoms with van der Waals surface area (Å²) in [6.45, 7) is 0. The number of fused-ring (bicyclic) bond motifs is 4. The molecule has 0 atom stereocenters. The monoisotopic (exact) mass is 552 g/mol. The lowest BCUT2D eigenvalue weighted by molar-refractivity contribution is 0.416. The number of para-hydroxylation sites is 4. The zero-order valence-electron chi connectivity index (χ0n) is 23.8. The van der Waals surface area contributed by atoms with Crippen LogP contribution in [-0.2, 0) is 14.1 Å². The number of aromatic nitrogens is 2. The standard InChI is InChI=1S/C36H28N2O4/c1-37-29-19-28-30(38(2)34-24(14-10-16-26(34)36(28)40)22-12-6-8-18-32(22)42-4)20-27(29)35(39)25-15-9-13-23(33(25)37)21-11-5-7-17-31(21)41-3/h5-20H,1-4H3. The van der Waals surface area contributed by atoms with Gasteiger partial charge in [-0.25, -0.2) is 0 Å². The van der Waals surface area contributed by atoms with Crippen molar-refractivity contribution >= 4 is 43.6 Å². The zero-order valence-corrected chi connectivity index (χ0v) is 23.8. The average molecular weight is 553 g/mol. The Morgan fingerprint density at radius 2 is 0.857 bits per heavy atom. The summed E-state index contributed by atoms with van der Waals surface area (Å²) in [6, 6.07) is 30.8. The first kappa shape index (κ1) is 25.6. The third-order valence-corrected chi connectivity index (χ3v) is 8.35. The van der Waals surface area contributed by atoms with Crippen LogP contribution < -0.4 is 20.3 Å². The van der Waals surface area contributed by atoms with Crippen molar-refractivity contribution in [2.24, 2.45) is 14.1 Å². The van der Waals surface area contributed by atoms with Crippen LogP contribution in [0.25, 0.3) is 65.9 Å². The van der Waals surface area contributed by atoms with E-state index in [1.807, 2.05) is 120 Å². The van der Waals surface area contributed by atoms with Crippen molar-refractivity contribution in [3.05, 3.63) is 118 Å². The maximum atomic E-state index is 14.1. The van der Waals surface area contributed by atoms with Crippen LogP contribution in [0.5, 0.6) is 11.5 Å². The molecule has 7 aromatic rings. The normalized spacial score (nSPS) is 11.5. The molecule has 6 heteroatoms. The first-order valence-electron chi connectivity index (χ1n) is 13.7. The molecular weight excluding hydrogens is 524 g/mol. The van der Waals surface area contributed by atoms with E-state index in [0.717, 1.165) is 44.8 Å². The Balaban J connectivity index is 1.61. The van der Waals surface area contributed by atoms with Crippen LogP contribution in [0.3, 0.4) is 0 Å². The number of aryl methyl sites for hydroxylation is 2. The van der Waals surface area contributed by atoms with Gasteiger partial charge in [-0.05, 0) is 36.4 Å². The van der Waals surface area contributed by atoms with Crippen LogP contribution in [0.2, 0.25) is 0 Å². The number of rotatable bonds is 4. The van der Waals surface area contributed by atoms with Gasteiger partial charge in [0.1, 0.15) is 11.5 Å². The Hall–Kier alpha value is -5.36. The van der Waals surface area contributed by atoms with E-state index >= 15 is 0 Å². The van der Waals surface area contributed by atoms with E-state index < -0.39 is 0 Å². The molecule has 0 spiro atoms. The smallest absolute Gasteiger partial charge is 0.197 e. The molecule has 0 aliphatic heterocycles. The highest BCUT2D eigenvalue weighted by Crippen LogP contribution is 2.37. The minimum atomic E-state index is -0.0812. The average Bonchev–Trinajstić information content (AvgIpc) is 3.04. The second-order valence-corrected chi connectivity index (χ2v) is 10.5. The third-order valence-electron chi connectivity index (χ3n) is 8.35. The van der Waals surface area contributed by atoms with Gasteiger partial charge < -0.3 is 18.6 Å². The molecule has 0 saturated carbocycles. The van der Waals surface area contributed by atoms with Crippen LogP contribution in [0, 0.1) is 0 Å². The summed E-state index contributed by atoms with van der Waals surface area (Å²) < 4.78 is 15.3. The van der Waals surface area contributed by atoms with Gasteiger partial charge in [0.25, 0.3) is 0 Å². The Labute approximate surface area is 241 Å². The highest BCUT2D eigenvalue weighted by molar-refractivity contribution is 6.08. The maximum Gasteiger partial charge on any atom is 0.197 e. The SMILES string of the molecule is COc1ccccc1-c1cccc2c(=O)c3cc4c(cc3n(C)c12)c(=O)c1cccc(-c2ccccc2OC)c1n4C. The van der Waals surface area contributed by atoms with Crippen molar-refractivity contribution in [2.75, 3.05) is 14.2 Å². The van der Waals surface area contributed by atoms with Gasteiger partial charge in [0.05, 0.1) is 36.3 Å². The molecule has 5 aromatic carbocycles. The van der Waals surface area contributed by atoms with Gasteiger partial charge in [0.15, 0.2) is 10.9 Å². The van der Waals surface area contributed by atoms with E-state index in [4.69, 9.17) is 9.47 Å². The molecule has 2 heterocycles. The van der Waals surface area contributed by atoms with Crippen LogP contribution in [0.4, 0.5) is 0 Å². The molecule has 206 valence electrons. The number of hydrogen-bond donors (Lipinski definition) is 0. The molecule has 0 bridgehead atoms. The van der Waals surface area contributed by atoms with Gasteiger partial charge in [0.2, 0.25) is 0 Å². The lowest BCUT2D eigenvalue weighted by atomic mass is 9.97. The molecule has 0 aliphatic rings. The van der Waals surface area contributed by atoms with E-state index in [2.05, 4.69) is 0 Å². The second kappa shape index (κ2) is 9.63. The molecule has 2 aromatic heterocycles. The molecule has 7 rings (SSSR count). The Morgan fingerprint density at radius 1 is 0.476 bits per heavy atom. The summed E-state index contributed by atoms with van der Waals surface area (Å²) in [7, 11) is 7.17. The fraction of sp³-hybridized carbons (Fsp3) is 0.111. The van der Waals surface area contributed by atoms with Crippen LogP contribution >= 0.6 is 0 Å². The van der Waals surface area contributed by atoms with Crippen molar-refractivity contribution in [3.8, 4) is 33.8 Å². The summed E-state index contributed by atoms with van der Waals surface area (Å²) in [5.74, 6) is 1.45. The Bertz CT molecular complexity index is 2180. The lowest BCUT2D eigenvalue weighted by Crippen LogP contribution is -2.14. The first-order chi connectivity index (χ1) is 20.4. The number of hydrogen-bond acceptors (Lipinski definition) is 4. The summed E-state index contributed by atoms with van der Waals surface area (Å²) in [5, 5.41) is 2.32. The van der Waals surface area contributed by atoms with Gasteiger partial charge >= 0.3 is 0 Å². The van der Waals surface area contributed by atoms with Crippen molar-refractivity contribution in [1.29, 1.82) is 0 Å². The van der Waals surface area contributed by atoms with Gasteiger partial charge in [-0.3, -0.25) is 9.59 Å². The molecule has 0 unspecified atom stereocenters. The second-order valence-electron chi connectivity index (χ2n) is 10.5. The minimum absolute atomic E-state index is 0.0812. The quantitative estimate of drug-likeness (QED) is 0.220. The topological polar surface area (TPSA) is 62.5 Å². The van der Waals surface area contributed by atoms with Crippen molar-refractivity contribution in [2.45, 2.75) is 0 Å². The number of methoxy groups -OCH3 is 2. The minimum Gasteiger partial charge on any atom is -0.496 e. The lowest BCUT2D eigenvalue weighted by Gasteiger charge is -2.19. The maximum absolute atomic E-state index is 14.1. The van der Waals surface area contributed by atoms with E-state index in [1.54, 1.807) is 14.2 Å². The Kier molecular flexibility index (Phi) is 5.87. The predicted octanol–water partition coefficient (Wildman–Crippen LogP) is 7.05. The fourth-order valence-electron chi connectivity index (χ4n) is 6.37. The van der Waals surface area contributed by atoms with Crippen molar-refractivity contribution in [1.82, 2.24) is 9.13 Å². The van der Waals surface area contributed by atoms with E-state index in [1.165, 1.54) is 0 Å². The van der Waals surface area contributed by atoms with Crippen LogP contribution in [0.15, 0.2) is 107 Å². The first-order valence-corrected chi connectivity index (χ1v) is 13.7. The zero-order chi connectivity index (χ0) is 29.1. The summed E-state index contributed by atoms with van der Waals surface area (Å²) in [6.07, 6.45) is 0. The number of nitrogens with zero attached hydrogens (tertiary/aromatic N) is 2. The molecule has 42 heavy (non-hydrogen) atoms. The van der Waals surface area contributed by atoms with Gasteiger partial charge in [-0.1, -0.05) is 60.7 Å². The number of benzene rings is 5. The fourth-order valence-corrected chi connectivity index (χ4v) is 6.37. The van der Waals surface area contributed by atoms with E-state index in [-0.39, 0.29) is 10.9 Å². The molecule has 0 aliphatic carbocycles. The van der Waals surface area contributed by atoms with E-state index in [9.17, 15) is 9.59 Å². The van der Waals surface area contributed by atoms with Crippen LogP contribution in [-0.4, -0.2) is 23.4 Å². The molecule has 6 nitrogen and oxygen atoms in total.